The van der Waals surface area contributed by atoms with Crippen LogP contribution in [0.25, 0.3) is 0 Å². The van der Waals surface area contributed by atoms with Crippen LogP contribution in [0.5, 0.6) is 11.5 Å². The predicted octanol–water partition coefficient (Wildman–Crippen LogP) is 3.93. The molecule has 1 heterocycles. The molecule has 3 rings (SSSR count). The highest BCUT2D eigenvalue weighted by Crippen LogP contribution is 2.19. The number of ether oxygens (including phenoxy) is 2. The number of nitrogens with one attached hydrogen (secondary N) is 2. The minimum absolute atomic E-state index is 0.118. The number of benzene rings is 2. The van der Waals surface area contributed by atoms with E-state index in [2.05, 4.69) is 10.6 Å². The van der Waals surface area contributed by atoms with Crippen molar-refractivity contribution in [1.82, 2.24) is 5.32 Å². The molecule has 156 valence electrons. The van der Waals surface area contributed by atoms with Gasteiger partial charge in [0.2, 0.25) is 5.91 Å². The van der Waals surface area contributed by atoms with Gasteiger partial charge in [-0.05, 0) is 61.9 Å². The highest BCUT2D eigenvalue weighted by molar-refractivity contribution is 5.98. The van der Waals surface area contributed by atoms with Gasteiger partial charge in [0.15, 0.2) is 5.76 Å². The first kappa shape index (κ1) is 21.0. The lowest BCUT2D eigenvalue weighted by molar-refractivity contribution is -0.115. The Kier molecular flexibility index (Phi) is 7.10. The Morgan fingerprint density at radius 2 is 1.73 bits per heavy atom. The van der Waals surface area contributed by atoms with Crippen LogP contribution in [0.4, 0.5) is 5.69 Å². The smallest absolute Gasteiger partial charge is 0.287 e. The van der Waals surface area contributed by atoms with Crippen molar-refractivity contribution in [2.24, 2.45) is 0 Å². The van der Waals surface area contributed by atoms with Gasteiger partial charge in [0.25, 0.3) is 5.91 Å². The molecule has 2 aromatic carbocycles. The third kappa shape index (κ3) is 5.88. The summed E-state index contributed by atoms with van der Waals surface area (Å²) in [6.07, 6.45) is 0. The van der Waals surface area contributed by atoms with Crippen LogP contribution in [-0.4, -0.2) is 25.0 Å². The summed E-state index contributed by atoms with van der Waals surface area (Å²) in [6.45, 7) is 4.45. The number of hydrogen-bond donors (Lipinski definition) is 2. The predicted molar refractivity (Wildman–Crippen MR) is 113 cm³/mol. The Bertz CT molecular complexity index is 995. The molecule has 0 aliphatic carbocycles. The second kappa shape index (κ2) is 10.2. The molecular formula is C23H24N2O5. The van der Waals surface area contributed by atoms with E-state index in [0.717, 1.165) is 17.1 Å². The van der Waals surface area contributed by atoms with E-state index in [1.807, 2.05) is 38.1 Å². The van der Waals surface area contributed by atoms with Gasteiger partial charge in [-0.25, -0.2) is 0 Å². The van der Waals surface area contributed by atoms with Crippen LogP contribution < -0.4 is 20.1 Å². The van der Waals surface area contributed by atoms with Crippen molar-refractivity contribution in [2.75, 3.05) is 18.5 Å². The maximum absolute atomic E-state index is 12.2. The number of anilines is 1. The maximum Gasteiger partial charge on any atom is 0.287 e. The highest BCUT2D eigenvalue weighted by atomic mass is 16.5. The third-order valence-electron chi connectivity index (χ3n) is 4.21. The summed E-state index contributed by atoms with van der Waals surface area (Å²) in [5, 5.41) is 5.24. The van der Waals surface area contributed by atoms with Crippen LogP contribution in [0.1, 0.15) is 28.8 Å². The molecule has 0 aliphatic rings. The van der Waals surface area contributed by atoms with Crippen LogP contribution >= 0.6 is 0 Å². The molecule has 0 saturated carbocycles. The van der Waals surface area contributed by atoms with Gasteiger partial charge in [-0.1, -0.05) is 18.2 Å². The monoisotopic (exact) mass is 408 g/mol. The van der Waals surface area contributed by atoms with Crippen molar-refractivity contribution >= 4 is 17.5 Å². The molecule has 3 aromatic rings. The molecule has 0 radical (unpaired) electrons. The number of para-hydroxylation sites is 1. The second-order valence-corrected chi connectivity index (χ2v) is 6.51. The fourth-order valence-corrected chi connectivity index (χ4v) is 2.70. The SMILES string of the molecule is CCOc1ccc(NC(=O)CNC(=O)c2ccc(COc3ccccc3C)o2)cc1. The fourth-order valence-electron chi connectivity index (χ4n) is 2.70. The lowest BCUT2D eigenvalue weighted by Gasteiger charge is -2.08. The number of hydrogen-bond acceptors (Lipinski definition) is 5. The number of amides is 2. The van der Waals surface area contributed by atoms with Crippen LogP contribution in [0.3, 0.4) is 0 Å². The van der Waals surface area contributed by atoms with Gasteiger partial charge in [0.1, 0.15) is 23.9 Å². The lowest BCUT2D eigenvalue weighted by Crippen LogP contribution is -2.32. The van der Waals surface area contributed by atoms with Crippen molar-refractivity contribution in [3.05, 3.63) is 77.7 Å². The molecule has 1 aromatic heterocycles. The maximum atomic E-state index is 12.2. The van der Waals surface area contributed by atoms with Crippen LogP contribution in [0, 0.1) is 6.92 Å². The summed E-state index contributed by atoms with van der Waals surface area (Å²) < 4.78 is 16.6. The van der Waals surface area contributed by atoms with E-state index in [1.54, 1.807) is 36.4 Å². The molecule has 2 N–H and O–H groups in total. The first-order valence-corrected chi connectivity index (χ1v) is 9.63. The van der Waals surface area contributed by atoms with Crippen molar-refractivity contribution in [3.63, 3.8) is 0 Å². The molecule has 0 saturated heterocycles. The second-order valence-electron chi connectivity index (χ2n) is 6.51. The zero-order valence-corrected chi connectivity index (χ0v) is 16.9. The molecule has 0 unspecified atom stereocenters. The molecule has 0 fully saturated rings. The van der Waals surface area contributed by atoms with E-state index in [-0.39, 0.29) is 24.8 Å². The van der Waals surface area contributed by atoms with Gasteiger partial charge in [-0.2, -0.15) is 0 Å². The normalized spacial score (nSPS) is 10.3. The molecule has 2 amide bonds. The molecule has 30 heavy (non-hydrogen) atoms. The average Bonchev–Trinajstić information content (AvgIpc) is 3.22. The van der Waals surface area contributed by atoms with Gasteiger partial charge in [-0.3, -0.25) is 9.59 Å². The zero-order chi connectivity index (χ0) is 21.3. The first-order valence-electron chi connectivity index (χ1n) is 9.63. The number of rotatable bonds is 9. The van der Waals surface area contributed by atoms with Gasteiger partial charge in [0.05, 0.1) is 13.2 Å². The fraction of sp³-hybridized carbons (Fsp3) is 0.217. The highest BCUT2D eigenvalue weighted by Gasteiger charge is 2.13. The van der Waals surface area contributed by atoms with Crippen molar-refractivity contribution < 1.29 is 23.5 Å². The lowest BCUT2D eigenvalue weighted by atomic mass is 10.2. The van der Waals surface area contributed by atoms with Crippen LogP contribution in [0.2, 0.25) is 0 Å². The standard InChI is InChI=1S/C23H24N2O5/c1-3-28-18-10-8-17(9-11-18)25-22(26)14-24-23(27)21-13-12-19(30-21)15-29-20-7-5-4-6-16(20)2/h4-13H,3,14-15H2,1-2H3,(H,24,27)(H,25,26). The van der Waals surface area contributed by atoms with E-state index in [0.29, 0.717) is 18.1 Å². The summed E-state index contributed by atoms with van der Waals surface area (Å²) >= 11 is 0. The van der Waals surface area contributed by atoms with Crippen LogP contribution in [-0.2, 0) is 11.4 Å². The molecular weight excluding hydrogens is 384 g/mol. The van der Waals surface area contributed by atoms with Crippen molar-refractivity contribution in [1.29, 1.82) is 0 Å². The molecule has 0 aliphatic heterocycles. The van der Waals surface area contributed by atoms with Crippen LogP contribution in [0.15, 0.2) is 65.1 Å². The molecule has 0 bridgehead atoms. The molecule has 7 heteroatoms. The minimum Gasteiger partial charge on any atom is -0.494 e. The number of carbonyl (C=O) groups excluding carboxylic acids is 2. The van der Waals surface area contributed by atoms with E-state index < -0.39 is 5.91 Å². The number of carbonyl (C=O) groups is 2. The molecule has 7 nitrogen and oxygen atoms in total. The zero-order valence-electron chi connectivity index (χ0n) is 16.9. The van der Waals surface area contributed by atoms with Gasteiger partial charge < -0.3 is 24.5 Å². The quantitative estimate of drug-likeness (QED) is 0.560. The van der Waals surface area contributed by atoms with Crippen molar-refractivity contribution in [3.8, 4) is 11.5 Å². The third-order valence-corrected chi connectivity index (χ3v) is 4.21. The Hall–Kier alpha value is -3.74. The summed E-state index contributed by atoms with van der Waals surface area (Å²) in [7, 11) is 0. The number of aryl methyl sites for hydroxylation is 1. The van der Waals surface area contributed by atoms with E-state index >= 15 is 0 Å². The van der Waals surface area contributed by atoms with E-state index in [4.69, 9.17) is 13.9 Å². The molecule has 0 spiro atoms. The van der Waals surface area contributed by atoms with E-state index in [9.17, 15) is 9.59 Å². The Balaban J connectivity index is 1.45. The minimum atomic E-state index is -0.473. The summed E-state index contributed by atoms with van der Waals surface area (Å²) in [5.74, 6) is 1.30. The largest absolute Gasteiger partial charge is 0.494 e. The summed E-state index contributed by atoms with van der Waals surface area (Å²) in [6, 6.07) is 17.9. The number of furan rings is 1. The van der Waals surface area contributed by atoms with Gasteiger partial charge in [0, 0.05) is 5.69 Å². The van der Waals surface area contributed by atoms with Crippen molar-refractivity contribution in [2.45, 2.75) is 20.5 Å². The topological polar surface area (TPSA) is 89.8 Å². The Labute approximate surface area is 175 Å². The summed E-state index contributed by atoms with van der Waals surface area (Å²) in [4.78, 5) is 24.3. The molecule has 0 atom stereocenters. The average molecular weight is 408 g/mol. The Morgan fingerprint density at radius 3 is 2.47 bits per heavy atom. The Morgan fingerprint density at radius 1 is 0.967 bits per heavy atom. The van der Waals surface area contributed by atoms with E-state index in [1.165, 1.54) is 0 Å². The van der Waals surface area contributed by atoms with Gasteiger partial charge >= 0.3 is 0 Å². The van der Waals surface area contributed by atoms with Gasteiger partial charge in [-0.15, -0.1) is 0 Å². The summed E-state index contributed by atoms with van der Waals surface area (Å²) in [5.41, 5.74) is 1.63. The first-order chi connectivity index (χ1) is 14.5.